The molecule has 34 heavy (non-hydrogen) atoms. The number of benzene rings is 3. The Morgan fingerprint density at radius 3 is 2.29 bits per heavy atom. The number of aromatic hydroxyl groups is 1. The molecule has 0 aliphatic rings. The monoisotopic (exact) mass is 528 g/mol. The van der Waals surface area contributed by atoms with Crippen LogP contribution in [0.4, 0.5) is 0 Å². The normalized spacial score (nSPS) is 10.7. The van der Waals surface area contributed by atoms with Crippen molar-refractivity contribution in [1.29, 1.82) is 0 Å². The van der Waals surface area contributed by atoms with Gasteiger partial charge in [-0.25, -0.2) is 4.79 Å². The molecule has 0 aromatic heterocycles. The predicted molar refractivity (Wildman–Crippen MR) is 135 cm³/mol. The molecule has 180 valence electrons. The van der Waals surface area contributed by atoms with E-state index in [4.69, 9.17) is 14.2 Å². The fourth-order valence-electron chi connectivity index (χ4n) is 3.54. The van der Waals surface area contributed by atoms with Gasteiger partial charge in [0.25, 0.3) is 0 Å². The van der Waals surface area contributed by atoms with Gasteiger partial charge < -0.3 is 24.4 Å². The number of carboxylic acid groups (broad SMARTS) is 1. The number of carbonyl (C=O) groups is 1. The second-order valence-corrected chi connectivity index (χ2v) is 8.56. The van der Waals surface area contributed by atoms with Gasteiger partial charge in [0.2, 0.25) is 0 Å². The van der Waals surface area contributed by atoms with Crippen molar-refractivity contribution < 1.29 is 29.2 Å². The Bertz CT molecular complexity index is 1130. The molecule has 3 rings (SSSR count). The van der Waals surface area contributed by atoms with Crippen molar-refractivity contribution >= 4 is 21.9 Å². The summed E-state index contributed by atoms with van der Waals surface area (Å²) in [7, 11) is 0. The molecule has 0 atom stereocenters. The van der Waals surface area contributed by atoms with E-state index in [1.54, 1.807) is 24.3 Å². The molecule has 0 fully saturated rings. The minimum atomic E-state index is -1.04. The zero-order chi connectivity index (χ0) is 24.5. The van der Waals surface area contributed by atoms with Crippen LogP contribution in [-0.4, -0.2) is 29.4 Å². The number of aromatic carboxylic acids is 1. The second-order valence-electron chi connectivity index (χ2n) is 7.70. The van der Waals surface area contributed by atoms with Crippen LogP contribution in [0, 0.1) is 0 Å². The maximum atomic E-state index is 11.5. The van der Waals surface area contributed by atoms with Crippen molar-refractivity contribution in [3.63, 3.8) is 0 Å². The third-order valence-electron chi connectivity index (χ3n) is 5.24. The summed E-state index contributed by atoms with van der Waals surface area (Å²) in [4.78, 5) is 11.5. The molecule has 0 aliphatic carbocycles. The van der Waals surface area contributed by atoms with Gasteiger partial charge >= 0.3 is 5.97 Å². The van der Waals surface area contributed by atoms with Crippen molar-refractivity contribution in [2.45, 2.75) is 39.5 Å². The number of rotatable bonds is 12. The summed E-state index contributed by atoms with van der Waals surface area (Å²) in [5.41, 5.74) is 2.03. The molecular formula is C27H29BrO6. The van der Waals surface area contributed by atoms with Crippen molar-refractivity contribution in [2.24, 2.45) is 0 Å². The molecule has 0 amide bonds. The third-order valence-corrected chi connectivity index (χ3v) is 5.88. The lowest BCUT2D eigenvalue weighted by Gasteiger charge is -2.17. The minimum absolute atomic E-state index is 0.110. The topological polar surface area (TPSA) is 85.2 Å². The summed E-state index contributed by atoms with van der Waals surface area (Å²) in [6.45, 7) is 4.99. The molecule has 3 aromatic rings. The van der Waals surface area contributed by atoms with Gasteiger partial charge in [0.05, 0.1) is 17.7 Å². The van der Waals surface area contributed by atoms with E-state index in [9.17, 15) is 15.0 Å². The number of hydrogen-bond donors (Lipinski definition) is 2. The van der Waals surface area contributed by atoms with E-state index >= 15 is 0 Å². The molecule has 0 heterocycles. The number of carboxylic acids is 1. The Hall–Kier alpha value is -3.19. The largest absolute Gasteiger partial charge is 0.507 e. The standard InChI is InChI=1S/C27H29BrO6/c1-3-9-19-23(12-7-13-24(19)34-25-11-6-5-10-20(25)27(30)31)32-14-8-15-33-26-17-22(29)21(28)16-18(26)4-2/h5-7,10-13,16-17,29H,3-4,8-9,14-15H2,1-2H3,(H,30,31). The summed E-state index contributed by atoms with van der Waals surface area (Å²) in [6.07, 6.45) is 3.06. The molecular weight excluding hydrogens is 500 g/mol. The van der Waals surface area contributed by atoms with Crippen LogP contribution in [0.15, 0.2) is 59.1 Å². The van der Waals surface area contributed by atoms with Crippen molar-refractivity contribution in [2.75, 3.05) is 13.2 Å². The number of halogens is 1. The van der Waals surface area contributed by atoms with Gasteiger partial charge in [-0.15, -0.1) is 0 Å². The molecule has 6 nitrogen and oxygen atoms in total. The fourth-order valence-corrected chi connectivity index (χ4v) is 3.93. The first kappa shape index (κ1) is 25.4. The molecule has 2 N–H and O–H groups in total. The predicted octanol–water partition coefficient (Wildman–Crippen LogP) is 7.01. The Balaban J connectivity index is 1.65. The van der Waals surface area contributed by atoms with E-state index < -0.39 is 5.97 Å². The molecule has 0 spiro atoms. The highest BCUT2D eigenvalue weighted by atomic mass is 79.9. The summed E-state index contributed by atoms with van der Waals surface area (Å²) in [5, 5.41) is 19.4. The maximum Gasteiger partial charge on any atom is 0.339 e. The second kappa shape index (κ2) is 12.3. The molecule has 0 aliphatic heterocycles. The van der Waals surface area contributed by atoms with Gasteiger partial charge in [-0.1, -0.05) is 38.5 Å². The molecule has 0 bridgehead atoms. The summed E-state index contributed by atoms with van der Waals surface area (Å²) >= 11 is 3.33. The number of ether oxygens (including phenoxy) is 3. The van der Waals surface area contributed by atoms with Crippen LogP contribution in [0.5, 0.6) is 28.7 Å². The first-order chi connectivity index (χ1) is 16.4. The first-order valence-corrected chi connectivity index (χ1v) is 12.1. The zero-order valence-electron chi connectivity index (χ0n) is 19.3. The molecule has 7 heteroatoms. The van der Waals surface area contributed by atoms with Gasteiger partial charge in [0.15, 0.2) is 0 Å². The number of para-hydroxylation sites is 1. The van der Waals surface area contributed by atoms with Gasteiger partial charge in [0.1, 0.15) is 34.3 Å². The average molecular weight is 529 g/mol. The van der Waals surface area contributed by atoms with Crippen molar-refractivity contribution in [3.05, 3.63) is 75.8 Å². The Labute approximate surface area is 208 Å². The van der Waals surface area contributed by atoms with Crippen molar-refractivity contribution in [1.82, 2.24) is 0 Å². The van der Waals surface area contributed by atoms with Gasteiger partial charge in [-0.2, -0.15) is 0 Å². The van der Waals surface area contributed by atoms with Crippen LogP contribution < -0.4 is 14.2 Å². The number of aryl methyl sites for hydroxylation is 1. The Morgan fingerprint density at radius 1 is 0.912 bits per heavy atom. The van der Waals surface area contributed by atoms with E-state index in [0.29, 0.717) is 47.1 Å². The fraction of sp³-hybridized carbons (Fsp3) is 0.296. The lowest BCUT2D eigenvalue weighted by molar-refractivity contribution is 0.0694. The quantitative estimate of drug-likeness (QED) is 0.246. The number of phenolic OH excluding ortho intramolecular Hbond substituents is 1. The molecule has 3 aromatic carbocycles. The van der Waals surface area contributed by atoms with E-state index in [0.717, 1.165) is 30.4 Å². The average Bonchev–Trinajstić information content (AvgIpc) is 2.82. The van der Waals surface area contributed by atoms with E-state index in [-0.39, 0.29) is 11.3 Å². The van der Waals surface area contributed by atoms with E-state index in [2.05, 4.69) is 22.9 Å². The Kier molecular flexibility index (Phi) is 9.22. The van der Waals surface area contributed by atoms with Crippen LogP contribution >= 0.6 is 15.9 Å². The molecule has 0 unspecified atom stereocenters. The molecule has 0 saturated heterocycles. The minimum Gasteiger partial charge on any atom is -0.507 e. The number of hydrogen-bond acceptors (Lipinski definition) is 5. The maximum absolute atomic E-state index is 11.5. The van der Waals surface area contributed by atoms with Gasteiger partial charge in [0, 0.05) is 18.1 Å². The van der Waals surface area contributed by atoms with Crippen LogP contribution in [-0.2, 0) is 12.8 Å². The smallest absolute Gasteiger partial charge is 0.339 e. The molecule has 0 saturated carbocycles. The summed E-state index contributed by atoms with van der Waals surface area (Å²) in [5.74, 6) is 1.37. The van der Waals surface area contributed by atoms with E-state index in [1.165, 1.54) is 6.07 Å². The summed E-state index contributed by atoms with van der Waals surface area (Å²) < 4.78 is 18.6. The number of phenols is 1. The zero-order valence-corrected chi connectivity index (χ0v) is 20.9. The van der Waals surface area contributed by atoms with E-state index in [1.807, 2.05) is 31.2 Å². The van der Waals surface area contributed by atoms with Gasteiger partial charge in [-0.3, -0.25) is 0 Å². The van der Waals surface area contributed by atoms with Crippen LogP contribution in [0.2, 0.25) is 0 Å². The highest BCUT2D eigenvalue weighted by Crippen LogP contribution is 2.35. The lowest BCUT2D eigenvalue weighted by Crippen LogP contribution is -2.08. The summed E-state index contributed by atoms with van der Waals surface area (Å²) in [6, 6.07) is 15.6. The van der Waals surface area contributed by atoms with Crippen LogP contribution in [0.25, 0.3) is 0 Å². The highest BCUT2D eigenvalue weighted by molar-refractivity contribution is 9.10. The third kappa shape index (κ3) is 6.44. The first-order valence-electron chi connectivity index (χ1n) is 11.3. The molecule has 0 radical (unpaired) electrons. The van der Waals surface area contributed by atoms with Crippen LogP contribution in [0.3, 0.4) is 0 Å². The van der Waals surface area contributed by atoms with Crippen molar-refractivity contribution in [3.8, 4) is 28.7 Å². The van der Waals surface area contributed by atoms with Crippen LogP contribution in [0.1, 0.15) is 48.2 Å². The Morgan fingerprint density at radius 2 is 1.59 bits per heavy atom. The highest BCUT2D eigenvalue weighted by Gasteiger charge is 2.15. The van der Waals surface area contributed by atoms with Gasteiger partial charge in [-0.05, 0) is 64.7 Å². The lowest BCUT2D eigenvalue weighted by atomic mass is 10.1. The SMILES string of the molecule is CCCc1c(OCCCOc2cc(O)c(Br)cc2CC)cccc1Oc1ccccc1C(=O)O.